The Morgan fingerprint density at radius 2 is 2.10 bits per heavy atom. The molecule has 0 saturated heterocycles. The first kappa shape index (κ1) is 14.9. The van der Waals surface area contributed by atoms with Gasteiger partial charge in [-0.15, -0.1) is 11.3 Å². The average Bonchev–Trinajstić information content (AvgIpc) is 2.86. The van der Waals surface area contributed by atoms with E-state index in [0.717, 1.165) is 15.6 Å². The Balaban J connectivity index is 2.23. The molecule has 20 heavy (non-hydrogen) atoms. The molecule has 3 nitrogen and oxygen atoms in total. The van der Waals surface area contributed by atoms with Crippen LogP contribution in [0.5, 0.6) is 0 Å². The third kappa shape index (κ3) is 3.74. The molecule has 0 fully saturated rings. The van der Waals surface area contributed by atoms with E-state index in [9.17, 15) is 4.79 Å². The molecule has 2 aromatic rings. The quantitative estimate of drug-likeness (QED) is 0.857. The van der Waals surface area contributed by atoms with Crippen molar-refractivity contribution in [3.63, 3.8) is 0 Å². The number of para-hydroxylation sites is 1. The summed E-state index contributed by atoms with van der Waals surface area (Å²) in [4.78, 5) is 12.9. The van der Waals surface area contributed by atoms with E-state index in [0.29, 0.717) is 6.54 Å². The van der Waals surface area contributed by atoms with Gasteiger partial charge in [0.1, 0.15) is 0 Å². The minimum atomic E-state index is -0.790. The fourth-order valence-corrected chi connectivity index (χ4v) is 3.08. The van der Waals surface area contributed by atoms with Crippen LogP contribution in [0.15, 0.2) is 41.8 Å². The van der Waals surface area contributed by atoms with Gasteiger partial charge in [0.05, 0.1) is 16.8 Å². The van der Waals surface area contributed by atoms with Gasteiger partial charge in [-0.3, -0.25) is 4.79 Å². The van der Waals surface area contributed by atoms with Crippen LogP contribution in [0.4, 0.5) is 5.69 Å². The monoisotopic (exact) mass is 309 g/mol. The number of carbonyl (C=O) groups is 1. The summed E-state index contributed by atoms with van der Waals surface area (Å²) in [5, 5.41) is 10.9. The highest BCUT2D eigenvalue weighted by molar-refractivity contribution is 7.14. The fourth-order valence-electron chi connectivity index (χ4n) is 2.10. The molecule has 0 radical (unpaired) electrons. The van der Waals surface area contributed by atoms with Gasteiger partial charge < -0.3 is 10.0 Å². The van der Waals surface area contributed by atoms with Crippen LogP contribution >= 0.6 is 22.9 Å². The molecule has 5 heteroatoms. The van der Waals surface area contributed by atoms with E-state index in [4.69, 9.17) is 16.7 Å². The van der Waals surface area contributed by atoms with Crippen molar-refractivity contribution in [2.24, 2.45) is 0 Å². The van der Waals surface area contributed by atoms with E-state index < -0.39 is 5.97 Å². The number of anilines is 1. The van der Waals surface area contributed by atoms with Crippen molar-refractivity contribution in [2.75, 3.05) is 11.4 Å². The van der Waals surface area contributed by atoms with Gasteiger partial charge in [-0.05, 0) is 36.1 Å². The number of carboxylic acids is 1. The smallest absolute Gasteiger partial charge is 0.305 e. The Morgan fingerprint density at radius 3 is 2.65 bits per heavy atom. The molecule has 1 N–H and O–H groups in total. The molecule has 1 unspecified atom stereocenters. The second-order valence-corrected chi connectivity index (χ2v) is 6.08. The van der Waals surface area contributed by atoms with E-state index in [1.807, 2.05) is 41.8 Å². The summed E-state index contributed by atoms with van der Waals surface area (Å²) in [6.45, 7) is 2.53. The summed E-state index contributed by atoms with van der Waals surface area (Å²) >= 11 is 7.48. The van der Waals surface area contributed by atoms with Gasteiger partial charge in [-0.2, -0.15) is 0 Å². The number of rotatable bonds is 6. The number of nitrogens with zero attached hydrogens (tertiary/aromatic N) is 1. The van der Waals surface area contributed by atoms with Crippen molar-refractivity contribution in [2.45, 2.75) is 19.4 Å². The van der Waals surface area contributed by atoms with Gasteiger partial charge in [0.15, 0.2) is 0 Å². The van der Waals surface area contributed by atoms with Gasteiger partial charge in [-0.1, -0.05) is 29.8 Å². The highest BCUT2D eigenvalue weighted by Crippen LogP contribution is 2.31. The minimum absolute atomic E-state index is 0.0838. The predicted octanol–water partition coefficient (Wildman–Crippen LogP) is 4.44. The molecule has 1 atom stereocenters. The minimum Gasteiger partial charge on any atom is -0.481 e. The van der Waals surface area contributed by atoms with Crippen molar-refractivity contribution in [3.05, 3.63) is 51.7 Å². The van der Waals surface area contributed by atoms with Crippen molar-refractivity contribution in [1.82, 2.24) is 0 Å². The number of hydrogen-bond acceptors (Lipinski definition) is 3. The Morgan fingerprint density at radius 1 is 1.40 bits per heavy atom. The first-order valence-corrected chi connectivity index (χ1v) is 7.61. The number of halogens is 1. The van der Waals surface area contributed by atoms with Gasteiger partial charge in [0.25, 0.3) is 0 Å². The highest BCUT2D eigenvalue weighted by atomic mass is 35.5. The second-order valence-electron chi connectivity index (χ2n) is 4.53. The Hall–Kier alpha value is -1.52. The van der Waals surface area contributed by atoms with E-state index in [-0.39, 0.29) is 12.5 Å². The number of aliphatic carboxylic acids is 1. The third-order valence-corrected chi connectivity index (χ3v) is 4.30. The molecule has 2 rings (SSSR count). The number of thiophene rings is 1. The van der Waals surface area contributed by atoms with E-state index in [2.05, 4.69) is 11.8 Å². The molecule has 1 heterocycles. The molecular formula is C15H16ClNO2S. The SMILES string of the molecule is CC(c1csc(Cl)c1)N(CCC(=O)O)c1ccccc1. The van der Waals surface area contributed by atoms with Crippen molar-refractivity contribution in [3.8, 4) is 0 Å². The maximum Gasteiger partial charge on any atom is 0.305 e. The summed E-state index contributed by atoms with van der Waals surface area (Å²) < 4.78 is 0.748. The molecule has 0 bridgehead atoms. The molecule has 0 spiro atoms. The summed E-state index contributed by atoms with van der Waals surface area (Å²) in [6, 6.07) is 11.9. The summed E-state index contributed by atoms with van der Waals surface area (Å²) in [5.74, 6) is -0.790. The van der Waals surface area contributed by atoms with Crippen LogP contribution in [-0.2, 0) is 4.79 Å². The standard InChI is InChI=1S/C15H16ClNO2S/c1-11(12-9-14(16)20-10-12)17(8-7-15(18)19)13-5-3-2-4-6-13/h2-6,9-11H,7-8H2,1H3,(H,18,19). The summed E-state index contributed by atoms with van der Waals surface area (Å²) in [7, 11) is 0. The van der Waals surface area contributed by atoms with Crippen LogP contribution < -0.4 is 4.90 Å². The first-order valence-electron chi connectivity index (χ1n) is 6.35. The maximum absolute atomic E-state index is 10.9. The summed E-state index contributed by atoms with van der Waals surface area (Å²) in [5.41, 5.74) is 2.12. The fraction of sp³-hybridized carbons (Fsp3) is 0.267. The van der Waals surface area contributed by atoms with Gasteiger partial charge in [0, 0.05) is 12.2 Å². The second kappa shape index (κ2) is 6.77. The molecule has 0 aliphatic rings. The van der Waals surface area contributed by atoms with Gasteiger partial charge in [0.2, 0.25) is 0 Å². The number of hydrogen-bond donors (Lipinski definition) is 1. The highest BCUT2D eigenvalue weighted by Gasteiger charge is 2.18. The largest absolute Gasteiger partial charge is 0.481 e. The zero-order chi connectivity index (χ0) is 14.5. The molecule has 0 amide bonds. The lowest BCUT2D eigenvalue weighted by atomic mass is 10.1. The van der Waals surface area contributed by atoms with E-state index in [1.54, 1.807) is 0 Å². The topological polar surface area (TPSA) is 40.5 Å². The zero-order valence-electron chi connectivity index (χ0n) is 11.1. The lowest BCUT2D eigenvalue weighted by Crippen LogP contribution is -2.29. The van der Waals surface area contributed by atoms with Crippen LogP contribution in [0.25, 0.3) is 0 Å². The van der Waals surface area contributed by atoms with Crippen LogP contribution in [0.2, 0.25) is 4.34 Å². The van der Waals surface area contributed by atoms with Crippen LogP contribution in [0.1, 0.15) is 24.9 Å². The van der Waals surface area contributed by atoms with Gasteiger partial charge >= 0.3 is 5.97 Å². The number of benzene rings is 1. The molecule has 1 aromatic carbocycles. The Kier molecular flexibility index (Phi) is 5.04. The first-order chi connectivity index (χ1) is 9.58. The molecular weight excluding hydrogens is 294 g/mol. The van der Waals surface area contributed by atoms with Crippen LogP contribution in [-0.4, -0.2) is 17.6 Å². The van der Waals surface area contributed by atoms with Crippen molar-refractivity contribution >= 4 is 34.6 Å². The Bertz CT molecular complexity index is 570. The molecule has 0 saturated carbocycles. The lowest BCUT2D eigenvalue weighted by molar-refractivity contribution is -0.136. The molecule has 106 valence electrons. The van der Waals surface area contributed by atoms with Crippen LogP contribution in [0.3, 0.4) is 0 Å². The molecule has 0 aliphatic carbocycles. The number of carboxylic acid groups (broad SMARTS) is 1. The summed E-state index contributed by atoms with van der Waals surface area (Å²) in [6.07, 6.45) is 0.108. The zero-order valence-corrected chi connectivity index (χ0v) is 12.7. The van der Waals surface area contributed by atoms with Gasteiger partial charge in [-0.25, -0.2) is 0 Å². The Labute approximate surface area is 127 Å². The van der Waals surface area contributed by atoms with Crippen molar-refractivity contribution < 1.29 is 9.90 Å². The normalized spacial score (nSPS) is 12.1. The molecule has 1 aromatic heterocycles. The average molecular weight is 310 g/mol. The molecule has 0 aliphatic heterocycles. The van der Waals surface area contributed by atoms with E-state index >= 15 is 0 Å². The predicted molar refractivity (Wildman–Crippen MR) is 83.8 cm³/mol. The maximum atomic E-state index is 10.9. The van der Waals surface area contributed by atoms with E-state index in [1.165, 1.54) is 11.3 Å². The van der Waals surface area contributed by atoms with Crippen molar-refractivity contribution in [1.29, 1.82) is 0 Å². The van der Waals surface area contributed by atoms with Crippen LogP contribution in [0, 0.1) is 0 Å². The third-order valence-electron chi connectivity index (χ3n) is 3.19. The lowest BCUT2D eigenvalue weighted by Gasteiger charge is -2.30.